The molecule has 1 aromatic carbocycles. The minimum atomic E-state index is -0.342. The van der Waals surface area contributed by atoms with Crippen LogP contribution in [0.1, 0.15) is 29.8 Å². The third-order valence-electron chi connectivity index (χ3n) is 4.63. The molecule has 2 heterocycles. The zero-order valence-corrected chi connectivity index (χ0v) is 15.2. The number of fused-ring (bicyclic) bond motifs is 1. The van der Waals surface area contributed by atoms with Gasteiger partial charge >= 0.3 is 5.69 Å². The lowest BCUT2D eigenvalue weighted by Gasteiger charge is -2.09. The van der Waals surface area contributed by atoms with Gasteiger partial charge in [-0.2, -0.15) is 4.98 Å². The molecule has 0 bridgehead atoms. The van der Waals surface area contributed by atoms with Gasteiger partial charge in [-0.05, 0) is 49.8 Å². The molecular weight excluding hydrogens is 328 g/mol. The molecule has 0 atom stereocenters. The number of amides is 1. The largest absolute Gasteiger partial charge is 0.356 e. The predicted molar refractivity (Wildman–Crippen MR) is 102 cm³/mol. The normalized spacial score (nSPS) is 11.0. The molecule has 26 heavy (non-hydrogen) atoms. The molecule has 6 heteroatoms. The smallest absolute Gasteiger partial charge is 0.345 e. The van der Waals surface area contributed by atoms with Crippen molar-refractivity contribution in [1.82, 2.24) is 19.9 Å². The Balaban J connectivity index is 1.44. The molecular formula is C20H24N4O2. The molecule has 0 aliphatic rings. The zero-order valence-electron chi connectivity index (χ0n) is 15.2. The van der Waals surface area contributed by atoms with Crippen molar-refractivity contribution in [2.75, 3.05) is 6.54 Å². The number of carbonyl (C=O) groups excluding carboxylic acids is 1. The highest BCUT2D eigenvalue weighted by Crippen LogP contribution is 2.15. The van der Waals surface area contributed by atoms with Crippen molar-refractivity contribution in [3.8, 4) is 0 Å². The Bertz CT molecular complexity index is 945. The van der Waals surface area contributed by atoms with Gasteiger partial charge < -0.3 is 14.9 Å². The fourth-order valence-electron chi connectivity index (χ4n) is 3.26. The highest BCUT2D eigenvalue weighted by atomic mass is 16.1. The van der Waals surface area contributed by atoms with Crippen LogP contribution in [0, 0.1) is 13.8 Å². The molecule has 0 spiro atoms. The topological polar surface area (TPSA) is 79.8 Å². The number of nitrogens with one attached hydrogen (secondary N) is 2. The van der Waals surface area contributed by atoms with E-state index in [1.165, 1.54) is 10.9 Å². The Morgan fingerprint density at radius 1 is 1.23 bits per heavy atom. The van der Waals surface area contributed by atoms with E-state index in [-0.39, 0.29) is 11.6 Å². The number of para-hydroxylation sites is 1. The summed E-state index contributed by atoms with van der Waals surface area (Å²) in [5, 5.41) is 4.20. The first-order chi connectivity index (χ1) is 12.5. The van der Waals surface area contributed by atoms with Gasteiger partial charge in [0, 0.05) is 42.6 Å². The number of aryl methyl sites for hydroxylation is 3. The van der Waals surface area contributed by atoms with Crippen LogP contribution < -0.4 is 11.0 Å². The summed E-state index contributed by atoms with van der Waals surface area (Å²) in [6.45, 7) is 5.16. The summed E-state index contributed by atoms with van der Waals surface area (Å²) >= 11 is 0. The monoisotopic (exact) mass is 352 g/mol. The summed E-state index contributed by atoms with van der Waals surface area (Å²) in [5.74, 6) is 0.0207. The summed E-state index contributed by atoms with van der Waals surface area (Å²) in [5.41, 5.74) is 3.30. The first-order valence-corrected chi connectivity index (χ1v) is 8.91. The Labute approximate surface area is 152 Å². The van der Waals surface area contributed by atoms with Crippen molar-refractivity contribution >= 4 is 16.8 Å². The molecule has 3 rings (SSSR count). The number of nitrogens with zero attached hydrogens (tertiary/aromatic N) is 2. The molecule has 0 saturated carbocycles. The van der Waals surface area contributed by atoms with Crippen LogP contribution in [0.5, 0.6) is 0 Å². The average Bonchev–Trinajstić information content (AvgIpc) is 3.01. The maximum Gasteiger partial charge on any atom is 0.345 e. The maximum atomic E-state index is 12.1. The number of aromatic amines is 1. The molecule has 2 aromatic heterocycles. The van der Waals surface area contributed by atoms with Crippen molar-refractivity contribution < 1.29 is 4.79 Å². The number of aromatic nitrogens is 3. The SMILES string of the molecule is Cc1nc(=O)[nH]c(C)c1CCC(=O)NCCCn1ccc2ccccc21. The lowest BCUT2D eigenvalue weighted by atomic mass is 10.1. The molecule has 0 fully saturated rings. The standard InChI is InChI=1S/C20H24N4O2/c1-14-17(15(2)23-20(26)22-14)8-9-19(25)21-11-5-12-24-13-10-16-6-3-4-7-18(16)24/h3-4,6-7,10,13H,5,8-9,11-12H2,1-2H3,(H,21,25)(H,22,23,26). The highest BCUT2D eigenvalue weighted by Gasteiger charge is 2.09. The summed E-state index contributed by atoms with van der Waals surface area (Å²) in [6, 6.07) is 10.4. The second-order valence-corrected chi connectivity index (χ2v) is 6.50. The van der Waals surface area contributed by atoms with E-state index in [4.69, 9.17) is 0 Å². The van der Waals surface area contributed by atoms with Crippen LogP contribution in [-0.2, 0) is 17.8 Å². The molecule has 0 saturated heterocycles. The van der Waals surface area contributed by atoms with Gasteiger partial charge in [-0.3, -0.25) is 4.79 Å². The van der Waals surface area contributed by atoms with E-state index in [0.29, 0.717) is 25.1 Å². The molecule has 0 aliphatic carbocycles. The van der Waals surface area contributed by atoms with Crippen LogP contribution in [-0.4, -0.2) is 27.0 Å². The Hall–Kier alpha value is -2.89. The van der Waals surface area contributed by atoms with E-state index < -0.39 is 0 Å². The fourth-order valence-corrected chi connectivity index (χ4v) is 3.26. The number of benzene rings is 1. The van der Waals surface area contributed by atoms with Gasteiger partial charge in [0.15, 0.2) is 0 Å². The van der Waals surface area contributed by atoms with E-state index in [9.17, 15) is 9.59 Å². The van der Waals surface area contributed by atoms with Crippen molar-refractivity contribution in [1.29, 1.82) is 0 Å². The van der Waals surface area contributed by atoms with E-state index in [1.807, 2.05) is 19.1 Å². The molecule has 0 unspecified atom stereocenters. The van der Waals surface area contributed by atoms with Crippen LogP contribution in [0.15, 0.2) is 41.3 Å². The minimum Gasteiger partial charge on any atom is -0.356 e. The van der Waals surface area contributed by atoms with Crippen LogP contribution in [0.3, 0.4) is 0 Å². The zero-order chi connectivity index (χ0) is 18.5. The quantitative estimate of drug-likeness (QED) is 0.641. The fraction of sp³-hybridized carbons (Fsp3) is 0.350. The van der Waals surface area contributed by atoms with Gasteiger partial charge in [0.1, 0.15) is 0 Å². The number of hydrogen-bond acceptors (Lipinski definition) is 3. The molecule has 0 aliphatic heterocycles. The van der Waals surface area contributed by atoms with Crippen LogP contribution >= 0.6 is 0 Å². The number of rotatable bonds is 7. The third kappa shape index (κ3) is 4.20. The summed E-state index contributed by atoms with van der Waals surface area (Å²) in [4.78, 5) is 30.0. The summed E-state index contributed by atoms with van der Waals surface area (Å²) in [7, 11) is 0. The summed E-state index contributed by atoms with van der Waals surface area (Å²) in [6.07, 6.45) is 3.93. The Kier molecular flexibility index (Phi) is 5.51. The third-order valence-corrected chi connectivity index (χ3v) is 4.63. The molecule has 3 aromatic rings. The number of hydrogen-bond donors (Lipinski definition) is 2. The maximum absolute atomic E-state index is 12.1. The minimum absolute atomic E-state index is 0.0207. The van der Waals surface area contributed by atoms with Gasteiger partial charge in [-0.1, -0.05) is 18.2 Å². The molecule has 2 N–H and O–H groups in total. The van der Waals surface area contributed by atoms with Crippen molar-refractivity contribution in [3.63, 3.8) is 0 Å². The van der Waals surface area contributed by atoms with Gasteiger partial charge in [-0.15, -0.1) is 0 Å². The molecule has 1 amide bonds. The Morgan fingerprint density at radius 2 is 2.04 bits per heavy atom. The molecule has 6 nitrogen and oxygen atoms in total. The van der Waals surface area contributed by atoms with Crippen LogP contribution in [0.2, 0.25) is 0 Å². The molecule has 0 radical (unpaired) electrons. The van der Waals surface area contributed by atoms with Crippen molar-refractivity contribution in [2.24, 2.45) is 0 Å². The van der Waals surface area contributed by atoms with Crippen LogP contribution in [0.4, 0.5) is 0 Å². The van der Waals surface area contributed by atoms with Gasteiger partial charge in [-0.25, -0.2) is 4.79 Å². The van der Waals surface area contributed by atoms with Crippen molar-refractivity contribution in [2.45, 2.75) is 39.7 Å². The number of carbonyl (C=O) groups is 1. The number of H-pyrrole nitrogens is 1. The predicted octanol–water partition coefficient (Wildman–Crippen LogP) is 2.48. The van der Waals surface area contributed by atoms with Crippen molar-refractivity contribution in [3.05, 3.63) is 64.0 Å². The first-order valence-electron chi connectivity index (χ1n) is 8.91. The van der Waals surface area contributed by atoms with Gasteiger partial charge in [0.2, 0.25) is 5.91 Å². The summed E-state index contributed by atoms with van der Waals surface area (Å²) < 4.78 is 2.21. The van der Waals surface area contributed by atoms with E-state index in [0.717, 1.165) is 24.2 Å². The van der Waals surface area contributed by atoms with Gasteiger partial charge in [0.05, 0.1) is 0 Å². The van der Waals surface area contributed by atoms with Crippen LogP contribution in [0.25, 0.3) is 10.9 Å². The second-order valence-electron chi connectivity index (χ2n) is 6.50. The van der Waals surface area contributed by atoms with Gasteiger partial charge in [0.25, 0.3) is 0 Å². The second kappa shape index (κ2) is 7.99. The lowest BCUT2D eigenvalue weighted by Crippen LogP contribution is -2.26. The Morgan fingerprint density at radius 3 is 2.85 bits per heavy atom. The first kappa shape index (κ1) is 17.9. The highest BCUT2D eigenvalue weighted by molar-refractivity contribution is 5.79. The van der Waals surface area contributed by atoms with E-state index in [2.05, 4.69) is 44.2 Å². The molecule has 136 valence electrons. The van der Waals surface area contributed by atoms with E-state index in [1.54, 1.807) is 6.92 Å². The van der Waals surface area contributed by atoms with E-state index >= 15 is 0 Å². The lowest BCUT2D eigenvalue weighted by molar-refractivity contribution is -0.121. The average molecular weight is 352 g/mol.